The zero-order valence-electron chi connectivity index (χ0n) is 11.0. The molecule has 18 heavy (non-hydrogen) atoms. The van der Waals surface area contributed by atoms with E-state index in [2.05, 4.69) is 18.4 Å². The molecule has 100 valence electrons. The number of para-hydroxylation sites is 1. The third kappa shape index (κ3) is 3.66. The first-order valence-electron chi connectivity index (χ1n) is 6.70. The van der Waals surface area contributed by atoms with Gasteiger partial charge < -0.3 is 9.84 Å². The molecule has 0 saturated heterocycles. The Kier molecular flexibility index (Phi) is 5.39. The van der Waals surface area contributed by atoms with Crippen LogP contribution in [0, 0.1) is 0 Å². The van der Waals surface area contributed by atoms with E-state index in [0.29, 0.717) is 5.92 Å². The molecule has 0 spiro atoms. The van der Waals surface area contributed by atoms with Crippen molar-refractivity contribution < 1.29 is 9.84 Å². The first-order chi connectivity index (χ1) is 8.81. The highest BCUT2D eigenvalue weighted by molar-refractivity contribution is 7.98. The van der Waals surface area contributed by atoms with Gasteiger partial charge in [0.25, 0.3) is 0 Å². The maximum atomic E-state index is 10.1. The van der Waals surface area contributed by atoms with E-state index in [1.165, 1.54) is 5.56 Å². The highest BCUT2D eigenvalue weighted by Crippen LogP contribution is 2.36. The van der Waals surface area contributed by atoms with E-state index in [1.807, 2.05) is 23.9 Å². The molecule has 0 radical (unpaired) electrons. The number of aliphatic hydroxyl groups excluding tert-OH is 1. The van der Waals surface area contributed by atoms with Crippen LogP contribution in [0.3, 0.4) is 0 Å². The van der Waals surface area contributed by atoms with Crippen LogP contribution in [-0.4, -0.2) is 29.8 Å². The van der Waals surface area contributed by atoms with E-state index < -0.39 is 0 Å². The van der Waals surface area contributed by atoms with Crippen LogP contribution in [0.4, 0.5) is 0 Å². The zero-order valence-corrected chi connectivity index (χ0v) is 11.8. The summed E-state index contributed by atoms with van der Waals surface area (Å²) < 4.78 is 5.65. The predicted molar refractivity (Wildman–Crippen MR) is 77.5 cm³/mol. The Morgan fingerprint density at radius 2 is 2.28 bits per heavy atom. The Hall–Kier alpha value is -0.670. The van der Waals surface area contributed by atoms with E-state index in [-0.39, 0.29) is 6.10 Å². The normalized spacial score (nSPS) is 20.0. The molecule has 2 atom stereocenters. The van der Waals surface area contributed by atoms with E-state index in [4.69, 9.17) is 4.74 Å². The average Bonchev–Trinajstić information content (AvgIpc) is 2.39. The van der Waals surface area contributed by atoms with Crippen LogP contribution in [0.15, 0.2) is 24.3 Å². The van der Waals surface area contributed by atoms with Crippen molar-refractivity contribution in [3.63, 3.8) is 0 Å². The largest absolute Gasteiger partial charge is 0.493 e. The molecule has 0 fully saturated rings. The molecule has 0 saturated carbocycles. The van der Waals surface area contributed by atoms with Crippen LogP contribution in [0.25, 0.3) is 0 Å². The van der Waals surface area contributed by atoms with Crippen molar-refractivity contribution in [3.05, 3.63) is 29.8 Å². The number of ether oxygens (including phenoxy) is 1. The van der Waals surface area contributed by atoms with E-state index in [1.54, 1.807) is 0 Å². The molecule has 0 amide bonds. The lowest BCUT2D eigenvalue weighted by Crippen LogP contribution is -2.19. The highest BCUT2D eigenvalue weighted by atomic mass is 32.2. The second kappa shape index (κ2) is 7.05. The lowest BCUT2D eigenvalue weighted by molar-refractivity contribution is 0.134. The van der Waals surface area contributed by atoms with Crippen LogP contribution < -0.4 is 4.74 Å². The fourth-order valence-corrected chi connectivity index (χ4v) is 3.03. The van der Waals surface area contributed by atoms with Crippen LogP contribution >= 0.6 is 11.8 Å². The fraction of sp³-hybridized carbons (Fsp3) is 0.600. The molecular formula is C15H22O2S. The Morgan fingerprint density at radius 1 is 1.44 bits per heavy atom. The molecule has 1 aromatic rings. The second-order valence-corrected chi connectivity index (χ2v) is 5.88. The molecule has 0 bridgehead atoms. The number of benzene rings is 1. The molecule has 0 aliphatic carbocycles. The average molecular weight is 266 g/mol. The lowest BCUT2D eigenvalue weighted by atomic mass is 9.87. The number of aliphatic hydroxyl groups is 1. The van der Waals surface area contributed by atoms with Gasteiger partial charge in [-0.2, -0.15) is 11.8 Å². The van der Waals surface area contributed by atoms with Gasteiger partial charge in [0.15, 0.2) is 0 Å². The van der Waals surface area contributed by atoms with Gasteiger partial charge in [-0.1, -0.05) is 18.2 Å². The maximum Gasteiger partial charge on any atom is 0.122 e. The summed E-state index contributed by atoms with van der Waals surface area (Å²) in [4.78, 5) is 0. The molecule has 1 heterocycles. The van der Waals surface area contributed by atoms with Crippen molar-refractivity contribution in [1.82, 2.24) is 0 Å². The molecule has 2 unspecified atom stereocenters. The standard InChI is InChI=1S/C15H22O2S/c1-18-10-4-5-13(16)11-12-8-9-17-15-7-3-2-6-14(12)15/h2-3,6-7,12-13,16H,4-5,8-11H2,1H3. The summed E-state index contributed by atoms with van der Waals surface area (Å²) in [6, 6.07) is 8.23. The molecule has 0 aromatic heterocycles. The molecule has 3 heteroatoms. The first kappa shape index (κ1) is 13.8. The summed E-state index contributed by atoms with van der Waals surface area (Å²) in [6.45, 7) is 0.777. The minimum atomic E-state index is -0.173. The Balaban J connectivity index is 1.90. The van der Waals surface area contributed by atoms with Gasteiger partial charge in [0.1, 0.15) is 5.75 Å². The third-order valence-corrected chi connectivity index (χ3v) is 4.22. The summed E-state index contributed by atoms with van der Waals surface area (Å²) in [7, 11) is 0. The Morgan fingerprint density at radius 3 is 3.11 bits per heavy atom. The number of fused-ring (bicyclic) bond motifs is 1. The van der Waals surface area contributed by atoms with Gasteiger partial charge in [-0.15, -0.1) is 0 Å². The smallest absolute Gasteiger partial charge is 0.122 e. The lowest BCUT2D eigenvalue weighted by Gasteiger charge is -2.27. The minimum Gasteiger partial charge on any atom is -0.493 e. The van der Waals surface area contributed by atoms with Crippen molar-refractivity contribution in [2.75, 3.05) is 18.6 Å². The molecular weight excluding hydrogens is 244 g/mol. The van der Waals surface area contributed by atoms with E-state index in [0.717, 1.165) is 43.8 Å². The highest BCUT2D eigenvalue weighted by Gasteiger charge is 2.23. The van der Waals surface area contributed by atoms with Gasteiger partial charge in [-0.05, 0) is 55.2 Å². The van der Waals surface area contributed by atoms with Crippen molar-refractivity contribution in [3.8, 4) is 5.75 Å². The SMILES string of the molecule is CSCCCC(O)CC1CCOc2ccccc21. The monoisotopic (exact) mass is 266 g/mol. The third-order valence-electron chi connectivity index (χ3n) is 3.53. The maximum absolute atomic E-state index is 10.1. The van der Waals surface area contributed by atoms with Crippen molar-refractivity contribution in [2.45, 2.75) is 37.7 Å². The second-order valence-electron chi connectivity index (χ2n) is 4.90. The quantitative estimate of drug-likeness (QED) is 0.800. The summed E-state index contributed by atoms with van der Waals surface area (Å²) in [5.74, 6) is 2.60. The van der Waals surface area contributed by atoms with Crippen molar-refractivity contribution >= 4 is 11.8 Å². The molecule has 1 N–H and O–H groups in total. The molecule has 2 nitrogen and oxygen atoms in total. The molecule has 2 rings (SSSR count). The van der Waals surface area contributed by atoms with Gasteiger partial charge in [0.05, 0.1) is 12.7 Å². The zero-order chi connectivity index (χ0) is 12.8. The number of hydrogen-bond donors (Lipinski definition) is 1. The van der Waals surface area contributed by atoms with Crippen LogP contribution in [0.5, 0.6) is 5.75 Å². The van der Waals surface area contributed by atoms with Crippen molar-refractivity contribution in [2.24, 2.45) is 0 Å². The van der Waals surface area contributed by atoms with Crippen LogP contribution in [-0.2, 0) is 0 Å². The van der Waals surface area contributed by atoms with E-state index >= 15 is 0 Å². The van der Waals surface area contributed by atoms with Crippen LogP contribution in [0.2, 0.25) is 0 Å². The first-order valence-corrected chi connectivity index (χ1v) is 8.09. The topological polar surface area (TPSA) is 29.5 Å². The number of thioether (sulfide) groups is 1. The number of rotatable bonds is 6. The van der Waals surface area contributed by atoms with Gasteiger partial charge in [-0.3, -0.25) is 0 Å². The number of hydrogen-bond acceptors (Lipinski definition) is 3. The summed E-state index contributed by atoms with van der Waals surface area (Å²) in [6.07, 6.45) is 5.85. The molecule has 1 aliphatic rings. The minimum absolute atomic E-state index is 0.173. The Labute approximate surface area is 114 Å². The van der Waals surface area contributed by atoms with Crippen molar-refractivity contribution in [1.29, 1.82) is 0 Å². The predicted octanol–water partition coefficient (Wildman–Crippen LogP) is 3.45. The molecule has 1 aromatic carbocycles. The van der Waals surface area contributed by atoms with E-state index in [9.17, 15) is 5.11 Å². The fourth-order valence-electron chi connectivity index (χ4n) is 2.57. The summed E-state index contributed by atoms with van der Waals surface area (Å²) in [5, 5.41) is 10.1. The summed E-state index contributed by atoms with van der Waals surface area (Å²) in [5.41, 5.74) is 1.27. The van der Waals surface area contributed by atoms with Gasteiger partial charge in [-0.25, -0.2) is 0 Å². The Bertz CT molecular complexity index is 367. The van der Waals surface area contributed by atoms with Gasteiger partial charge in [0, 0.05) is 0 Å². The van der Waals surface area contributed by atoms with Crippen LogP contribution in [0.1, 0.15) is 37.2 Å². The molecule has 1 aliphatic heterocycles. The van der Waals surface area contributed by atoms with Gasteiger partial charge >= 0.3 is 0 Å². The summed E-state index contributed by atoms with van der Waals surface area (Å²) >= 11 is 1.85. The van der Waals surface area contributed by atoms with Gasteiger partial charge in [0.2, 0.25) is 0 Å².